The SMILES string of the molecule is CCCNC(C)Cc1ccncc1C. The van der Waals surface area contributed by atoms with Crippen LogP contribution < -0.4 is 5.32 Å². The second kappa shape index (κ2) is 5.76. The molecule has 0 bridgehead atoms. The summed E-state index contributed by atoms with van der Waals surface area (Å²) < 4.78 is 0. The van der Waals surface area contributed by atoms with Crippen LogP contribution in [-0.2, 0) is 6.42 Å². The van der Waals surface area contributed by atoms with E-state index in [-0.39, 0.29) is 0 Å². The highest BCUT2D eigenvalue weighted by molar-refractivity contribution is 5.22. The van der Waals surface area contributed by atoms with Gasteiger partial charge in [-0.25, -0.2) is 0 Å². The van der Waals surface area contributed by atoms with Gasteiger partial charge in [-0.1, -0.05) is 6.92 Å². The molecule has 0 amide bonds. The van der Waals surface area contributed by atoms with Crippen LogP contribution in [0.5, 0.6) is 0 Å². The predicted octanol–water partition coefficient (Wildman–Crippen LogP) is 2.32. The van der Waals surface area contributed by atoms with Crippen molar-refractivity contribution in [2.75, 3.05) is 6.54 Å². The number of hydrogen-bond acceptors (Lipinski definition) is 2. The summed E-state index contributed by atoms with van der Waals surface area (Å²) in [6, 6.07) is 2.66. The summed E-state index contributed by atoms with van der Waals surface area (Å²) in [6.45, 7) is 7.65. The first-order valence-corrected chi connectivity index (χ1v) is 5.37. The van der Waals surface area contributed by atoms with E-state index in [1.165, 1.54) is 17.5 Å². The maximum atomic E-state index is 4.09. The molecule has 1 N–H and O–H groups in total. The van der Waals surface area contributed by atoms with Crippen molar-refractivity contribution in [3.63, 3.8) is 0 Å². The predicted molar refractivity (Wildman–Crippen MR) is 60.4 cm³/mol. The van der Waals surface area contributed by atoms with E-state index in [0.29, 0.717) is 6.04 Å². The summed E-state index contributed by atoms with van der Waals surface area (Å²) >= 11 is 0. The third-order valence-electron chi connectivity index (χ3n) is 2.41. The average Bonchev–Trinajstić information content (AvgIpc) is 2.18. The van der Waals surface area contributed by atoms with Crippen molar-refractivity contribution in [2.24, 2.45) is 0 Å². The fourth-order valence-corrected chi connectivity index (χ4v) is 1.52. The van der Waals surface area contributed by atoms with Crippen LogP contribution in [0.25, 0.3) is 0 Å². The van der Waals surface area contributed by atoms with Crippen molar-refractivity contribution in [1.29, 1.82) is 0 Å². The Bertz CT molecular complexity index is 271. The number of aromatic nitrogens is 1. The first kappa shape index (κ1) is 11.2. The van der Waals surface area contributed by atoms with Gasteiger partial charge in [-0.3, -0.25) is 4.98 Å². The molecule has 14 heavy (non-hydrogen) atoms. The van der Waals surface area contributed by atoms with Crippen LogP contribution in [0.4, 0.5) is 0 Å². The lowest BCUT2D eigenvalue weighted by atomic mass is 10.0. The largest absolute Gasteiger partial charge is 0.314 e. The molecular formula is C12H20N2. The van der Waals surface area contributed by atoms with E-state index in [9.17, 15) is 0 Å². The lowest BCUT2D eigenvalue weighted by Gasteiger charge is -2.14. The van der Waals surface area contributed by atoms with Gasteiger partial charge in [-0.2, -0.15) is 0 Å². The molecule has 0 radical (unpaired) electrons. The molecule has 0 aromatic carbocycles. The van der Waals surface area contributed by atoms with Gasteiger partial charge in [0.25, 0.3) is 0 Å². The fraction of sp³-hybridized carbons (Fsp3) is 0.583. The van der Waals surface area contributed by atoms with Crippen molar-refractivity contribution in [1.82, 2.24) is 10.3 Å². The van der Waals surface area contributed by atoms with E-state index in [0.717, 1.165) is 13.0 Å². The Morgan fingerprint density at radius 1 is 1.50 bits per heavy atom. The van der Waals surface area contributed by atoms with Gasteiger partial charge in [-0.15, -0.1) is 0 Å². The van der Waals surface area contributed by atoms with E-state index in [1.54, 1.807) is 0 Å². The summed E-state index contributed by atoms with van der Waals surface area (Å²) in [7, 11) is 0. The minimum atomic E-state index is 0.552. The minimum Gasteiger partial charge on any atom is -0.314 e. The highest BCUT2D eigenvalue weighted by atomic mass is 14.9. The summed E-state index contributed by atoms with van der Waals surface area (Å²) in [4.78, 5) is 4.09. The van der Waals surface area contributed by atoms with E-state index in [2.05, 4.69) is 37.1 Å². The zero-order valence-electron chi connectivity index (χ0n) is 9.38. The fourth-order valence-electron chi connectivity index (χ4n) is 1.52. The van der Waals surface area contributed by atoms with E-state index >= 15 is 0 Å². The van der Waals surface area contributed by atoms with Gasteiger partial charge in [0.2, 0.25) is 0 Å². The lowest BCUT2D eigenvalue weighted by Crippen LogP contribution is -2.28. The first-order valence-electron chi connectivity index (χ1n) is 5.37. The lowest BCUT2D eigenvalue weighted by molar-refractivity contribution is 0.542. The molecule has 0 saturated heterocycles. The highest BCUT2D eigenvalue weighted by Crippen LogP contribution is 2.07. The van der Waals surface area contributed by atoms with Gasteiger partial charge >= 0.3 is 0 Å². The highest BCUT2D eigenvalue weighted by Gasteiger charge is 2.03. The van der Waals surface area contributed by atoms with Gasteiger partial charge in [0.1, 0.15) is 0 Å². The van der Waals surface area contributed by atoms with Crippen molar-refractivity contribution >= 4 is 0 Å². The molecular weight excluding hydrogens is 172 g/mol. The monoisotopic (exact) mass is 192 g/mol. The molecule has 1 aromatic heterocycles. The Kier molecular flexibility index (Phi) is 4.60. The molecule has 2 nitrogen and oxygen atoms in total. The third kappa shape index (κ3) is 3.46. The van der Waals surface area contributed by atoms with Gasteiger partial charge in [0, 0.05) is 18.4 Å². The quantitative estimate of drug-likeness (QED) is 0.774. The van der Waals surface area contributed by atoms with Crippen LogP contribution >= 0.6 is 0 Å². The maximum absolute atomic E-state index is 4.09. The van der Waals surface area contributed by atoms with Crippen LogP contribution in [0.3, 0.4) is 0 Å². The van der Waals surface area contributed by atoms with Crippen LogP contribution in [0.1, 0.15) is 31.4 Å². The summed E-state index contributed by atoms with van der Waals surface area (Å²) in [5, 5.41) is 3.49. The van der Waals surface area contributed by atoms with Crippen LogP contribution in [0.15, 0.2) is 18.5 Å². The Labute approximate surface area is 86.8 Å². The van der Waals surface area contributed by atoms with Crippen molar-refractivity contribution in [3.8, 4) is 0 Å². The maximum Gasteiger partial charge on any atom is 0.0299 e. The van der Waals surface area contributed by atoms with E-state index in [4.69, 9.17) is 0 Å². The second-order valence-electron chi connectivity index (χ2n) is 3.86. The topological polar surface area (TPSA) is 24.9 Å². The Morgan fingerprint density at radius 3 is 2.93 bits per heavy atom. The van der Waals surface area contributed by atoms with Crippen molar-refractivity contribution in [3.05, 3.63) is 29.6 Å². The van der Waals surface area contributed by atoms with Crippen LogP contribution in [0, 0.1) is 6.92 Å². The summed E-state index contributed by atoms with van der Waals surface area (Å²) in [5.41, 5.74) is 2.69. The molecule has 1 atom stereocenters. The number of rotatable bonds is 5. The Hall–Kier alpha value is -0.890. The number of aryl methyl sites for hydroxylation is 1. The molecule has 0 spiro atoms. The van der Waals surface area contributed by atoms with Gasteiger partial charge in [0.05, 0.1) is 0 Å². The molecule has 1 aromatic rings. The number of hydrogen-bond donors (Lipinski definition) is 1. The van der Waals surface area contributed by atoms with E-state index in [1.807, 2.05) is 12.4 Å². The zero-order chi connectivity index (χ0) is 10.4. The Morgan fingerprint density at radius 2 is 2.29 bits per heavy atom. The molecule has 1 rings (SSSR count). The zero-order valence-corrected chi connectivity index (χ0v) is 9.38. The number of nitrogens with one attached hydrogen (secondary N) is 1. The van der Waals surface area contributed by atoms with Gasteiger partial charge in [0.15, 0.2) is 0 Å². The van der Waals surface area contributed by atoms with E-state index < -0.39 is 0 Å². The number of pyridine rings is 1. The normalized spacial score (nSPS) is 12.8. The molecule has 0 aliphatic rings. The van der Waals surface area contributed by atoms with Gasteiger partial charge < -0.3 is 5.32 Å². The van der Waals surface area contributed by atoms with Crippen LogP contribution in [-0.4, -0.2) is 17.6 Å². The summed E-state index contributed by atoms with van der Waals surface area (Å²) in [5.74, 6) is 0. The average molecular weight is 192 g/mol. The van der Waals surface area contributed by atoms with Crippen molar-refractivity contribution < 1.29 is 0 Å². The molecule has 0 fully saturated rings. The summed E-state index contributed by atoms with van der Waals surface area (Å²) in [6.07, 6.45) is 6.09. The van der Waals surface area contributed by atoms with Crippen LogP contribution in [0.2, 0.25) is 0 Å². The first-order chi connectivity index (χ1) is 6.74. The second-order valence-corrected chi connectivity index (χ2v) is 3.86. The van der Waals surface area contributed by atoms with Gasteiger partial charge in [-0.05, 0) is 50.4 Å². The molecule has 1 heterocycles. The molecule has 78 valence electrons. The molecule has 2 heteroatoms. The Balaban J connectivity index is 2.47. The molecule has 0 aliphatic heterocycles. The third-order valence-corrected chi connectivity index (χ3v) is 2.41. The van der Waals surface area contributed by atoms with Crippen molar-refractivity contribution in [2.45, 2.75) is 39.7 Å². The molecule has 0 saturated carbocycles. The molecule has 1 unspecified atom stereocenters. The standard InChI is InChI=1S/C12H20N2/c1-4-6-14-11(3)8-12-5-7-13-9-10(12)2/h5,7,9,11,14H,4,6,8H2,1-3H3. The number of nitrogens with zero attached hydrogens (tertiary/aromatic N) is 1. The molecule has 0 aliphatic carbocycles. The smallest absolute Gasteiger partial charge is 0.0299 e. The minimum absolute atomic E-state index is 0.552.